The predicted octanol–water partition coefficient (Wildman–Crippen LogP) is 5.53. The Kier molecular flexibility index (Phi) is 9.72. The average Bonchev–Trinajstić information content (AvgIpc) is 2.51. The van der Waals surface area contributed by atoms with Gasteiger partial charge in [0.2, 0.25) is 0 Å². The van der Waals surface area contributed by atoms with Crippen LogP contribution in [0, 0.1) is 0 Å². The van der Waals surface area contributed by atoms with Gasteiger partial charge >= 0.3 is 0 Å². The van der Waals surface area contributed by atoms with Crippen molar-refractivity contribution < 1.29 is 5.11 Å². The van der Waals surface area contributed by atoms with Crippen LogP contribution in [0.5, 0.6) is 0 Å². The van der Waals surface area contributed by atoms with E-state index in [4.69, 9.17) is 0 Å². The predicted molar refractivity (Wildman–Crippen MR) is 93.1 cm³/mol. The number of nitrogens with zero attached hydrogens (tertiary/aromatic N) is 2. The third-order valence-corrected chi connectivity index (χ3v) is 3.86. The minimum absolute atomic E-state index is 0.655. The van der Waals surface area contributed by atoms with Crippen LogP contribution in [0.4, 0.5) is 0 Å². The Morgan fingerprint density at radius 2 is 1.64 bits per heavy atom. The molecule has 1 rings (SSSR count). The largest absolute Gasteiger partial charge is 0.368 e. The van der Waals surface area contributed by atoms with E-state index in [-0.39, 0.29) is 0 Å². The van der Waals surface area contributed by atoms with Gasteiger partial charge in [-0.05, 0) is 38.2 Å². The Morgan fingerprint density at radius 3 is 2.36 bits per heavy atom. The number of benzene rings is 1. The first-order valence-electron chi connectivity index (χ1n) is 8.79. The summed E-state index contributed by atoms with van der Waals surface area (Å²) in [6, 6.07) is 10.4. The second-order valence-electron chi connectivity index (χ2n) is 6.29. The highest BCUT2D eigenvalue weighted by molar-refractivity contribution is 5.14. The maximum atomic E-state index is 10.2. The number of hydrogen-bond donors (Lipinski definition) is 1. The summed E-state index contributed by atoms with van der Waals surface area (Å²) >= 11 is 0. The van der Waals surface area contributed by atoms with Crippen LogP contribution < -0.4 is 0 Å². The molecule has 3 nitrogen and oxygen atoms in total. The van der Waals surface area contributed by atoms with Crippen molar-refractivity contribution in [3.05, 3.63) is 35.9 Å². The number of rotatable bonds is 12. The Bertz CT molecular complexity index is 401. The smallest absolute Gasteiger partial charge is 0.173 e. The molecule has 1 unspecified atom stereocenters. The van der Waals surface area contributed by atoms with Crippen LogP contribution >= 0.6 is 0 Å². The highest BCUT2D eigenvalue weighted by Crippen LogP contribution is 2.17. The molecule has 1 N–H and O–H groups in total. The third-order valence-electron chi connectivity index (χ3n) is 3.86. The van der Waals surface area contributed by atoms with Gasteiger partial charge in [0.15, 0.2) is 5.72 Å². The summed E-state index contributed by atoms with van der Waals surface area (Å²) in [6.07, 6.45) is 10.1. The van der Waals surface area contributed by atoms with Gasteiger partial charge in [0, 0.05) is 0 Å². The van der Waals surface area contributed by atoms with E-state index in [1.54, 1.807) is 6.92 Å². The molecule has 0 heterocycles. The Balaban J connectivity index is 2.10. The fourth-order valence-corrected chi connectivity index (χ4v) is 2.49. The number of aliphatic hydroxyl groups is 1. The molecule has 1 aromatic rings. The van der Waals surface area contributed by atoms with Crippen LogP contribution in [0.3, 0.4) is 0 Å². The molecule has 0 saturated carbocycles. The molecule has 0 aromatic heterocycles. The minimum atomic E-state index is -1.02. The number of unbranched alkanes of at least 4 members (excludes halogenated alkanes) is 5. The van der Waals surface area contributed by atoms with Crippen molar-refractivity contribution >= 4 is 0 Å². The fraction of sp³-hybridized carbons (Fsp3) is 0.684. The number of hydrogen-bond acceptors (Lipinski definition) is 3. The molecule has 0 radical (unpaired) electrons. The Morgan fingerprint density at radius 1 is 0.955 bits per heavy atom. The summed E-state index contributed by atoms with van der Waals surface area (Å²) in [7, 11) is 0. The molecule has 3 heteroatoms. The molecule has 0 bridgehead atoms. The maximum absolute atomic E-state index is 10.2. The zero-order chi connectivity index (χ0) is 16.1. The van der Waals surface area contributed by atoms with Crippen LogP contribution in [-0.2, 0) is 6.42 Å². The highest BCUT2D eigenvalue weighted by Gasteiger charge is 2.18. The summed E-state index contributed by atoms with van der Waals surface area (Å²) in [5.74, 6) is 0. The molecule has 0 aliphatic rings. The van der Waals surface area contributed by atoms with E-state index in [2.05, 4.69) is 29.3 Å². The lowest BCUT2D eigenvalue weighted by atomic mass is 10.0. The minimum Gasteiger partial charge on any atom is -0.368 e. The van der Waals surface area contributed by atoms with E-state index in [1.807, 2.05) is 18.2 Å². The van der Waals surface area contributed by atoms with Gasteiger partial charge in [-0.1, -0.05) is 69.4 Å². The lowest BCUT2D eigenvalue weighted by molar-refractivity contribution is 0.0499. The highest BCUT2D eigenvalue weighted by atomic mass is 16.3. The fourth-order valence-electron chi connectivity index (χ4n) is 2.49. The van der Waals surface area contributed by atoms with Gasteiger partial charge in [-0.2, -0.15) is 10.2 Å². The van der Waals surface area contributed by atoms with E-state index < -0.39 is 5.72 Å². The monoisotopic (exact) mass is 304 g/mol. The van der Waals surface area contributed by atoms with Gasteiger partial charge in [-0.25, -0.2) is 0 Å². The molecule has 124 valence electrons. The quantitative estimate of drug-likeness (QED) is 0.400. The van der Waals surface area contributed by atoms with Crippen molar-refractivity contribution in [3.63, 3.8) is 0 Å². The van der Waals surface area contributed by atoms with E-state index >= 15 is 0 Å². The van der Waals surface area contributed by atoms with Crippen LogP contribution in [0.15, 0.2) is 40.6 Å². The molecule has 0 spiro atoms. The van der Waals surface area contributed by atoms with Gasteiger partial charge in [0.25, 0.3) is 0 Å². The topological polar surface area (TPSA) is 45.0 Å². The molecular weight excluding hydrogens is 272 g/mol. The van der Waals surface area contributed by atoms with E-state index in [0.29, 0.717) is 6.42 Å². The van der Waals surface area contributed by atoms with Crippen molar-refractivity contribution in [1.29, 1.82) is 0 Å². The lowest BCUT2D eigenvalue weighted by Crippen LogP contribution is -2.20. The molecule has 0 fully saturated rings. The van der Waals surface area contributed by atoms with Crippen LogP contribution in [0.25, 0.3) is 0 Å². The third kappa shape index (κ3) is 9.67. The molecule has 0 saturated heterocycles. The first kappa shape index (κ1) is 18.8. The van der Waals surface area contributed by atoms with Gasteiger partial charge in [0.05, 0.1) is 6.54 Å². The standard InChI is InChI=1S/C19H32N2O/c1-3-4-5-6-7-11-17-20-21-19(2,22)16-12-15-18-13-9-8-10-14-18/h8-10,13-14,22H,3-7,11-12,15-17H2,1-2H3/b21-20+. The summed E-state index contributed by atoms with van der Waals surface area (Å²) in [6.45, 7) is 4.72. The second kappa shape index (κ2) is 11.4. The molecule has 0 aliphatic heterocycles. The normalized spacial score (nSPS) is 14.3. The summed E-state index contributed by atoms with van der Waals surface area (Å²) in [5.41, 5.74) is 0.291. The van der Waals surface area contributed by atoms with Gasteiger partial charge in [-0.3, -0.25) is 0 Å². The summed E-state index contributed by atoms with van der Waals surface area (Å²) < 4.78 is 0. The molecule has 22 heavy (non-hydrogen) atoms. The molecular formula is C19H32N2O. The average molecular weight is 304 g/mol. The maximum Gasteiger partial charge on any atom is 0.173 e. The van der Waals surface area contributed by atoms with Gasteiger partial charge < -0.3 is 5.11 Å². The van der Waals surface area contributed by atoms with E-state index in [9.17, 15) is 5.11 Å². The molecule has 0 amide bonds. The molecule has 1 aromatic carbocycles. The van der Waals surface area contributed by atoms with E-state index in [0.717, 1.165) is 25.8 Å². The first-order chi connectivity index (χ1) is 10.6. The van der Waals surface area contributed by atoms with Crippen molar-refractivity contribution in [2.45, 2.75) is 77.4 Å². The zero-order valence-corrected chi connectivity index (χ0v) is 14.3. The Labute approximate surface area is 135 Å². The lowest BCUT2D eigenvalue weighted by Gasteiger charge is -2.16. The van der Waals surface area contributed by atoms with Crippen LogP contribution in [0.1, 0.15) is 70.8 Å². The summed E-state index contributed by atoms with van der Waals surface area (Å²) in [4.78, 5) is 0. The van der Waals surface area contributed by atoms with E-state index in [1.165, 1.54) is 37.7 Å². The zero-order valence-electron chi connectivity index (χ0n) is 14.3. The van der Waals surface area contributed by atoms with Crippen molar-refractivity contribution in [2.75, 3.05) is 6.54 Å². The molecule has 0 aliphatic carbocycles. The van der Waals surface area contributed by atoms with Crippen molar-refractivity contribution in [3.8, 4) is 0 Å². The Hall–Kier alpha value is -1.22. The van der Waals surface area contributed by atoms with Crippen LogP contribution in [-0.4, -0.2) is 17.4 Å². The first-order valence-corrected chi connectivity index (χ1v) is 8.79. The van der Waals surface area contributed by atoms with Crippen LogP contribution in [0.2, 0.25) is 0 Å². The number of azo groups is 1. The second-order valence-corrected chi connectivity index (χ2v) is 6.29. The summed E-state index contributed by atoms with van der Waals surface area (Å²) in [5, 5.41) is 18.5. The molecule has 1 atom stereocenters. The van der Waals surface area contributed by atoms with Gasteiger partial charge in [-0.15, -0.1) is 0 Å². The number of aryl methyl sites for hydroxylation is 1. The van der Waals surface area contributed by atoms with Crippen molar-refractivity contribution in [1.82, 2.24) is 0 Å². The van der Waals surface area contributed by atoms with Crippen molar-refractivity contribution in [2.24, 2.45) is 10.2 Å². The SMILES string of the molecule is CCCCCCCC/N=N/C(C)(O)CCCc1ccccc1. The van der Waals surface area contributed by atoms with Gasteiger partial charge in [0.1, 0.15) is 0 Å².